The summed E-state index contributed by atoms with van der Waals surface area (Å²) in [6.07, 6.45) is 1.81. The molecule has 0 atom stereocenters. The van der Waals surface area contributed by atoms with E-state index in [1.165, 1.54) is 7.11 Å². The molecule has 0 saturated heterocycles. The second-order valence-corrected chi connectivity index (χ2v) is 5.08. The van der Waals surface area contributed by atoms with Crippen LogP contribution in [0.3, 0.4) is 0 Å². The van der Waals surface area contributed by atoms with Gasteiger partial charge in [-0.25, -0.2) is 4.98 Å². The number of imidazole rings is 1. The van der Waals surface area contributed by atoms with Crippen LogP contribution in [0.1, 0.15) is 16.1 Å². The fourth-order valence-corrected chi connectivity index (χ4v) is 2.42. The summed E-state index contributed by atoms with van der Waals surface area (Å²) in [7, 11) is 1.54. The fraction of sp³-hybridized carbons (Fsp3) is 0.125. The van der Waals surface area contributed by atoms with Crippen molar-refractivity contribution in [2.24, 2.45) is 0 Å². The molecule has 5 nitrogen and oxygen atoms in total. The molecule has 22 heavy (non-hydrogen) atoms. The number of nitrogens with one attached hydrogen (secondary N) is 1. The highest BCUT2D eigenvalue weighted by molar-refractivity contribution is 6.29. The van der Waals surface area contributed by atoms with Crippen LogP contribution in [0.15, 0.2) is 48.7 Å². The number of aromatic nitrogens is 2. The van der Waals surface area contributed by atoms with Crippen molar-refractivity contribution in [3.05, 3.63) is 65.1 Å². The van der Waals surface area contributed by atoms with Gasteiger partial charge in [-0.05, 0) is 24.3 Å². The van der Waals surface area contributed by atoms with Crippen molar-refractivity contribution in [2.45, 2.75) is 6.54 Å². The molecule has 1 N–H and O–H groups in total. The molecule has 0 unspecified atom stereocenters. The third-order valence-corrected chi connectivity index (χ3v) is 3.58. The molecule has 3 aromatic rings. The Bertz CT molecular complexity index is 829. The zero-order valence-electron chi connectivity index (χ0n) is 11.9. The summed E-state index contributed by atoms with van der Waals surface area (Å²) in [5.41, 5.74) is 1.97. The molecule has 0 bridgehead atoms. The molecule has 0 fully saturated rings. The number of nitrogens with zero attached hydrogens (tertiary/aromatic N) is 2. The van der Waals surface area contributed by atoms with Crippen LogP contribution in [0.25, 0.3) is 5.65 Å². The first kappa shape index (κ1) is 14.4. The number of pyridine rings is 1. The average molecular weight is 316 g/mol. The van der Waals surface area contributed by atoms with Crippen molar-refractivity contribution in [1.29, 1.82) is 0 Å². The summed E-state index contributed by atoms with van der Waals surface area (Å²) in [6, 6.07) is 12.6. The molecule has 2 aromatic heterocycles. The van der Waals surface area contributed by atoms with Crippen LogP contribution in [0.5, 0.6) is 5.75 Å². The molecule has 1 amide bonds. The topological polar surface area (TPSA) is 55.6 Å². The van der Waals surface area contributed by atoms with E-state index in [1.807, 2.05) is 18.2 Å². The Morgan fingerprint density at radius 3 is 2.86 bits per heavy atom. The monoisotopic (exact) mass is 315 g/mol. The maximum absolute atomic E-state index is 12.2. The van der Waals surface area contributed by atoms with E-state index < -0.39 is 0 Å². The van der Waals surface area contributed by atoms with Crippen LogP contribution < -0.4 is 10.1 Å². The molecule has 0 radical (unpaired) electrons. The van der Waals surface area contributed by atoms with Crippen molar-refractivity contribution in [3.63, 3.8) is 0 Å². The van der Waals surface area contributed by atoms with Gasteiger partial charge in [0.05, 0.1) is 24.9 Å². The molecular formula is C16H14ClN3O2. The van der Waals surface area contributed by atoms with Gasteiger partial charge in [0.15, 0.2) is 0 Å². The third-order valence-electron chi connectivity index (χ3n) is 3.27. The van der Waals surface area contributed by atoms with E-state index in [9.17, 15) is 4.79 Å². The van der Waals surface area contributed by atoms with Gasteiger partial charge >= 0.3 is 0 Å². The fourth-order valence-electron chi connectivity index (χ4n) is 2.21. The van der Waals surface area contributed by atoms with Gasteiger partial charge in [-0.2, -0.15) is 0 Å². The number of hydrogen-bond acceptors (Lipinski definition) is 3. The molecule has 0 saturated carbocycles. The van der Waals surface area contributed by atoms with Gasteiger partial charge < -0.3 is 10.1 Å². The summed E-state index contributed by atoms with van der Waals surface area (Å²) < 4.78 is 6.95. The van der Waals surface area contributed by atoms with E-state index in [2.05, 4.69) is 10.3 Å². The molecule has 6 heteroatoms. The summed E-state index contributed by atoms with van der Waals surface area (Å²) >= 11 is 6.09. The molecule has 112 valence electrons. The molecule has 0 aliphatic rings. The van der Waals surface area contributed by atoms with Gasteiger partial charge in [0.1, 0.15) is 16.5 Å². The highest BCUT2D eigenvalue weighted by atomic mass is 35.5. The molecule has 0 spiro atoms. The number of carbonyl (C=O) groups is 1. The summed E-state index contributed by atoms with van der Waals surface area (Å²) in [5, 5.41) is 3.41. The highest BCUT2D eigenvalue weighted by Crippen LogP contribution is 2.17. The molecule has 3 rings (SSSR count). The number of fused-ring (bicyclic) bond motifs is 1. The molecule has 1 aromatic carbocycles. The lowest BCUT2D eigenvalue weighted by atomic mass is 10.2. The number of benzene rings is 1. The number of amides is 1. The van der Waals surface area contributed by atoms with E-state index in [0.717, 1.165) is 11.3 Å². The quantitative estimate of drug-likeness (QED) is 0.753. The van der Waals surface area contributed by atoms with E-state index in [4.69, 9.17) is 16.3 Å². The number of para-hydroxylation sites is 1. The Morgan fingerprint density at radius 1 is 1.27 bits per heavy atom. The standard InChI is InChI=1S/C16H14ClN3O2/c1-22-13-6-3-2-5-12(13)16(21)18-9-11-10-20-14(17)7-4-8-15(20)19-11/h2-8,10H,9H2,1H3,(H,18,21). The molecular weight excluding hydrogens is 302 g/mol. The largest absolute Gasteiger partial charge is 0.496 e. The lowest BCUT2D eigenvalue weighted by Crippen LogP contribution is -2.23. The second-order valence-electron chi connectivity index (χ2n) is 4.69. The number of hydrogen-bond donors (Lipinski definition) is 1. The maximum Gasteiger partial charge on any atom is 0.255 e. The summed E-state index contributed by atoms with van der Waals surface area (Å²) in [6.45, 7) is 0.314. The van der Waals surface area contributed by atoms with E-state index in [0.29, 0.717) is 23.0 Å². The van der Waals surface area contributed by atoms with Gasteiger partial charge in [-0.1, -0.05) is 29.8 Å². The smallest absolute Gasteiger partial charge is 0.255 e. The number of rotatable bonds is 4. The van der Waals surface area contributed by atoms with Crippen LogP contribution in [0.4, 0.5) is 0 Å². The first-order valence-corrected chi connectivity index (χ1v) is 7.10. The Hall–Kier alpha value is -2.53. The van der Waals surface area contributed by atoms with Crippen LogP contribution in [-0.2, 0) is 6.54 Å². The van der Waals surface area contributed by atoms with E-state index in [-0.39, 0.29) is 5.91 Å². The summed E-state index contributed by atoms with van der Waals surface area (Å²) in [5.74, 6) is 0.332. The van der Waals surface area contributed by atoms with Gasteiger partial charge in [0.25, 0.3) is 5.91 Å². The molecule has 0 aliphatic carbocycles. The van der Waals surface area contributed by atoms with Crippen molar-refractivity contribution in [3.8, 4) is 5.75 Å². The maximum atomic E-state index is 12.2. The minimum Gasteiger partial charge on any atom is -0.496 e. The second kappa shape index (κ2) is 6.07. The number of halogens is 1. The molecule has 2 heterocycles. The van der Waals surface area contributed by atoms with Gasteiger partial charge in [-0.15, -0.1) is 0 Å². The van der Waals surface area contributed by atoms with Gasteiger partial charge in [0, 0.05) is 6.20 Å². The van der Waals surface area contributed by atoms with Gasteiger partial charge in [-0.3, -0.25) is 9.20 Å². The predicted molar refractivity (Wildman–Crippen MR) is 84.4 cm³/mol. The normalized spacial score (nSPS) is 10.6. The number of ether oxygens (including phenoxy) is 1. The number of methoxy groups -OCH3 is 1. The molecule has 0 aliphatic heterocycles. The van der Waals surface area contributed by atoms with Crippen LogP contribution >= 0.6 is 11.6 Å². The lowest BCUT2D eigenvalue weighted by Gasteiger charge is -2.07. The summed E-state index contributed by atoms with van der Waals surface area (Å²) in [4.78, 5) is 16.6. The van der Waals surface area contributed by atoms with E-state index >= 15 is 0 Å². The van der Waals surface area contributed by atoms with Gasteiger partial charge in [0.2, 0.25) is 0 Å². The third kappa shape index (κ3) is 2.76. The lowest BCUT2D eigenvalue weighted by molar-refractivity contribution is 0.0947. The zero-order chi connectivity index (χ0) is 15.5. The SMILES string of the molecule is COc1ccccc1C(=O)NCc1cn2c(Cl)cccc2n1. The minimum absolute atomic E-state index is 0.208. The van der Waals surface area contributed by atoms with Crippen molar-refractivity contribution in [1.82, 2.24) is 14.7 Å². The zero-order valence-corrected chi connectivity index (χ0v) is 12.7. The Balaban J connectivity index is 1.76. The van der Waals surface area contributed by atoms with Crippen LogP contribution in [0, 0.1) is 0 Å². The van der Waals surface area contributed by atoms with Crippen LogP contribution in [-0.4, -0.2) is 22.4 Å². The average Bonchev–Trinajstić information content (AvgIpc) is 2.97. The Morgan fingerprint density at radius 2 is 2.09 bits per heavy atom. The predicted octanol–water partition coefficient (Wildman–Crippen LogP) is 2.93. The van der Waals surface area contributed by atoms with E-state index in [1.54, 1.807) is 34.9 Å². The Labute approximate surface area is 132 Å². The Kier molecular flexibility index (Phi) is 3.98. The van der Waals surface area contributed by atoms with Crippen molar-refractivity contribution < 1.29 is 9.53 Å². The first-order valence-electron chi connectivity index (χ1n) is 6.73. The first-order chi connectivity index (χ1) is 10.7. The van der Waals surface area contributed by atoms with Crippen molar-refractivity contribution >= 4 is 23.2 Å². The van der Waals surface area contributed by atoms with Crippen LogP contribution in [0.2, 0.25) is 5.15 Å². The number of carbonyl (C=O) groups excluding carboxylic acids is 1. The van der Waals surface area contributed by atoms with Crippen molar-refractivity contribution in [2.75, 3.05) is 7.11 Å². The minimum atomic E-state index is -0.208. The highest BCUT2D eigenvalue weighted by Gasteiger charge is 2.12.